The molecule has 1 N–H and O–H groups in total. The molecule has 6 heteroatoms. The number of carbonyl (C=O) groups is 1. The predicted octanol–water partition coefficient (Wildman–Crippen LogP) is 1.17. The lowest BCUT2D eigenvalue weighted by atomic mass is 10.2. The maximum Gasteiger partial charge on any atom is 0.254 e. The highest BCUT2D eigenvalue weighted by molar-refractivity contribution is 5.95. The minimum absolute atomic E-state index is 0.0406. The van der Waals surface area contributed by atoms with E-state index in [0.29, 0.717) is 37.7 Å². The van der Waals surface area contributed by atoms with Gasteiger partial charge in [-0.1, -0.05) is 0 Å². The monoisotopic (exact) mass is 281 g/mol. The summed E-state index contributed by atoms with van der Waals surface area (Å²) in [5.41, 5.74) is 1.42. The smallest absolute Gasteiger partial charge is 0.254 e. The maximum absolute atomic E-state index is 12.5. The van der Waals surface area contributed by atoms with Crippen molar-refractivity contribution in [3.63, 3.8) is 0 Å². The number of amides is 1. The first kappa shape index (κ1) is 16.4. The third-order valence-electron chi connectivity index (χ3n) is 2.87. The normalized spacial score (nSPS) is 10.4. The number of methoxy groups -OCH3 is 2. The third kappa shape index (κ3) is 4.79. The van der Waals surface area contributed by atoms with Crippen molar-refractivity contribution in [2.75, 3.05) is 52.9 Å². The van der Waals surface area contributed by atoms with Crippen LogP contribution < -0.4 is 5.32 Å². The van der Waals surface area contributed by atoms with Gasteiger partial charge in [0.1, 0.15) is 5.82 Å². The molecule has 0 spiro atoms. The van der Waals surface area contributed by atoms with Crippen LogP contribution in [0.2, 0.25) is 0 Å². The van der Waals surface area contributed by atoms with Gasteiger partial charge in [-0.25, -0.2) is 4.98 Å². The number of hydrogen-bond acceptors (Lipinski definition) is 5. The molecule has 0 radical (unpaired) electrons. The van der Waals surface area contributed by atoms with Crippen molar-refractivity contribution >= 4 is 11.7 Å². The zero-order valence-electron chi connectivity index (χ0n) is 12.6. The molecule has 0 aliphatic carbocycles. The Balaban J connectivity index is 2.89. The Morgan fingerprint density at radius 1 is 1.25 bits per heavy atom. The van der Waals surface area contributed by atoms with Crippen LogP contribution in [-0.2, 0) is 9.47 Å². The summed E-state index contributed by atoms with van der Waals surface area (Å²) in [4.78, 5) is 18.5. The highest BCUT2D eigenvalue weighted by atomic mass is 16.5. The van der Waals surface area contributed by atoms with E-state index in [1.165, 1.54) is 0 Å². The zero-order valence-corrected chi connectivity index (χ0v) is 12.6. The van der Waals surface area contributed by atoms with Gasteiger partial charge in [-0.05, 0) is 19.1 Å². The number of nitrogens with zero attached hydrogens (tertiary/aromatic N) is 2. The molecule has 6 nitrogen and oxygen atoms in total. The molecule has 1 aromatic heterocycles. The second-order valence-electron chi connectivity index (χ2n) is 4.41. The van der Waals surface area contributed by atoms with Crippen LogP contribution in [0, 0.1) is 6.92 Å². The van der Waals surface area contributed by atoms with Crippen LogP contribution in [0.5, 0.6) is 0 Å². The van der Waals surface area contributed by atoms with E-state index in [1.807, 2.05) is 6.92 Å². The van der Waals surface area contributed by atoms with Crippen LogP contribution >= 0.6 is 0 Å². The molecule has 0 saturated heterocycles. The highest BCUT2D eigenvalue weighted by Gasteiger charge is 2.16. The summed E-state index contributed by atoms with van der Waals surface area (Å²) in [5, 5.41) is 2.96. The molecule has 0 saturated carbocycles. The Hall–Kier alpha value is -1.66. The third-order valence-corrected chi connectivity index (χ3v) is 2.87. The van der Waals surface area contributed by atoms with Crippen molar-refractivity contribution in [3.8, 4) is 0 Å². The Bertz CT molecular complexity index is 430. The summed E-state index contributed by atoms with van der Waals surface area (Å²) in [6.07, 6.45) is 0. The van der Waals surface area contributed by atoms with Gasteiger partial charge in [0.05, 0.1) is 13.2 Å². The van der Waals surface area contributed by atoms with Gasteiger partial charge in [-0.2, -0.15) is 0 Å². The van der Waals surface area contributed by atoms with Crippen molar-refractivity contribution in [2.24, 2.45) is 0 Å². The summed E-state index contributed by atoms with van der Waals surface area (Å²) >= 11 is 0. The number of anilines is 1. The number of carbonyl (C=O) groups excluding carboxylic acids is 1. The Labute approximate surface area is 120 Å². The predicted molar refractivity (Wildman–Crippen MR) is 78.2 cm³/mol. The number of nitrogens with one attached hydrogen (secondary N) is 1. The number of aryl methyl sites for hydroxylation is 1. The second-order valence-corrected chi connectivity index (χ2v) is 4.41. The maximum atomic E-state index is 12.5. The minimum atomic E-state index is -0.0406. The fraction of sp³-hybridized carbons (Fsp3) is 0.571. The van der Waals surface area contributed by atoms with Gasteiger partial charge in [0, 0.05) is 45.6 Å². The number of ether oxygens (including phenoxy) is 2. The molecule has 1 rings (SSSR count). The van der Waals surface area contributed by atoms with E-state index in [0.717, 1.165) is 5.69 Å². The molecular weight excluding hydrogens is 258 g/mol. The Kier molecular flexibility index (Phi) is 6.97. The van der Waals surface area contributed by atoms with Gasteiger partial charge < -0.3 is 19.7 Å². The van der Waals surface area contributed by atoms with Gasteiger partial charge in [0.25, 0.3) is 5.91 Å². The molecule has 0 aromatic carbocycles. The summed E-state index contributed by atoms with van der Waals surface area (Å²) in [6, 6.07) is 3.54. The average molecular weight is 281 g/mol. The van der Waals surface area contributed by atoms with Crippen LogP contribution in [-0.4, -0.2) is 63.4 Å². The van der Waals surface area contributed by atoms with E-state index in [-0.39, 0.29) is 5.91 Å². The highest BCUT2D eigenvalue weighted by Crippen LogP contribution is 2.12. The molecule has 0 aliphatic heterocycles. The average Bonchev–Trinajstić information content (AvgIpc) is 2.46. The standard InChI is InChI=1S/C14H23N3O3/c1-11-9-12(10-13(15-2)16-11)14(18)17(5-7-19-3)6-8-20-4/h9-10H,5-8H2,1-4H3,(H,15,16). The SMILES string of the molecule is CNc1cc(C(=O)N(CCOC)CCOC)cc(C)n1. The molecule has 0 bridgehead atoms. The van der Waals surface area contributed by atoms with E-state index in [1.54, 1.807) is 38.3 Å². The van der Waals surface area contributed by atoms with E-state index < -0.39 is 0 Å². The quantitative estimate of drug-likeness (QED) is 0.775. The number of pyridine rings is 1. The van der Waals surface area contributed by atoms with Crippen LogP contribution in [0.3, 0.4) is 0 Å². The lowest BCUT2D eigenvalue weighted by molar-refractivity contribution is 0.0627. The Morgan fingerprint density at radius 3 is 2.35 bits per heavy atom. The van der Waals surface area contributed by atoms with Crippen LogP contribution in [0.15, 0.2) is 12.1 Å². The minimum Gasteiger partial charge on any atom is -0.383 e. The van der Waals surface area contributed by atoms with Crippen molar-refractivity contribution in [3.05, 3.63) is 23.4 Å². The molecule has 1 heterocycles. The van der Waals surface area contributed by atoms with Crippen molar-refractivity contribution in [1.82, 2.24) is 9.88 Å². The van der Waals surface area contributed by atoms with Crippen molar-refractivity contribution in [1.29, 1.82) is 0 Å². The molecule has 20 heavy (non-hydrogen) atoms. The lowest BCUT2D eigenvalue weighted by Crippen LogP contribution is -2.36. The fourth-order valence-corrected chi connectivity index (χ4v) is 1.82. The number of aromatic nitrogens is 1. The molecule has 0 atom stereocenters. The fourth-order valence-electron chi connectivity index (χ4n) is 1.82. The van der Waals surface area contributed by atoms with E-state index in [9.17, 15) is 4.79 Å². The van der Waals surface area contributed by atoms with Crippen LogP contribution in [0.1, 0.15) is 16.1 Å². The molecule has 0 fully saturated rings. The van der Waals surface area contributed by atoms with E-state index >= 15 is 0 Å². The molecular formula is C14H23N3O3. The molecule has 112 valence electrons. The van der Waals surface area contributed by atoms with Gasteiger partial charge in [0.2, 0.25) is 0 Å². The topological polar surface area (TPSA) is 63.7 Å². The van der Waals surface area contributed by atoms with Crippen molar-refractivity contribution in [2.45, 2.75) is 6.92 Å². The summed E-state index contributed by atoms with van der Waals surface area (Å²) in [7, 11) is 5.02. The molecule has 1 amide bonds. The second kappa shape index (κ2) is 8.50. The lowest BCUT2D eigenvalue weighted by Gasteiger charge is -2.22. The zero-order chi connectivity index (χ0) is 15.0. The largest absolute Gasteiger partial charge is 0.383 e. The Morgan fingerprint density at radius 2 is 1.85 bits per heavy atom. The van der Waals surface area contributed by atoms with Gasteiger partial charge in [0.15, 0.2) is 0 Å². The first-order valence-corrected chi connectivity index (χ1v) is 6.56. The number of rotatable bonds is 8. The van der Waals surface area contributed by atoms with Crippen molar-refractivity contribution < 1.29 is 14.3 Å². The summed E-state index contributed by atoms with van der Waals surface area (Å²) in [5.74, 6) is 0.646. The van der Waals surface area contributed by atoms with Gasteiger partial charge in [-0.15, -0.1) is 0 Å². The van der Waals surface area contributed by atoms with E-state index in [4.69, 9.17) is 9.47 Å². The first-order chi connectivity index (χ1) is 9.62. The summed E-state index contributed by atoms with van der Waals surface area (Å²) in [6.45, 7) is 3.94. The van der Waals surface area contributed by atoms with Gasteiger partial charge in [-0.3, -0.25) is 4.79 Å². The van der Waals surface area contributed by atoms with Crippen LogP contribution in [0.25, 0.3) is 0 Å². The summed E-state index contributed by atoms with van der Waals surface area (Å²) < 4.78 is 10.1. The number of hydrogen-bond donors (Lipinski definition) is 1. The molecule has 0 unspecified atom stereocenters. The molecule has 0 aliphatic rings. The molecule has 1 aromatic rings. The first-order valence-electron chi connectivity index (χ1n) is 6.56. The van der Waals surface area contributed by atoms with Gasteiger partial charge >= 0.3 is 0 Å². The van der Waals surface area contributed by atoms with E-state index in [2.05, 4.69) is 10.3 Å². The van der Waals surface area contributed by atoms with Crippen LogP contribution in [0.4, 0.5) is 5.82 Å².